The van der Waals surface area contributed by atoms with Crippen LogP contribution in [-0.2, 0) is 9.53 Å². The van der Waals surface area contributed by atoms with E-state index < -0.39 is 18.3 Å². The molecule has 1 aromatic carbocycles. The monoisotopic (exact) mass is 297 g/mol. The molecule has 1 rings (SSSR count). The maximum atomic E-state index is 10.9. The molecule has 0 aromatic heterocycles. The Morgan fingerprint density at radius 1 is 1.29 bits per heavy atom. The SMILES string of the molecule is COCC(O)C(O)C([C]=O)Oc1ccc(C=O)cc1OC. The zero-order chi connectivity index (χ0) is 15.8. The summed E-state index contributed by atoms with van der Waals surface area (Å²) in [6, 6.07) is 4.30. The molecule has 1 aromatic rings. The number of benzene rings is 1. The Morgan fingerprint density at radius 2 is 2.00 bits per heavy atom. The third kappa shape index (κ3) is 4.52. The molecular weight excluding hydrogens is 280 g/mol. The molecule has 0 aliphatic rings. The van der Waals surface area contributed by atoms with Crippen LogP contribution in [0, 0.1) is 0 Å². The van der Waals surface area contributed by atoms with Gasteiger partial charge < -0.3 is 24.4 Å². The number of carbonyl (C=O) groups excluding carboxylic acids is 2. The first-order chi connectivity index (χ1) is 10.1. The van der Waals surface area contributed by atoms with Gasteiger partial charge in [-0.1, -0.05) is 0 Å². The molecule has 115 valence electrons. The number of aliphatic hydroxyl groups excluding tert-OH is 2. The number of aldehydes is 1. The molecule has 0 amide bonds. The number of carbonyl (C=O) groups is 1. The highest BCUT2D eigenvalue weighted by Crippen LogP contribution is 2.29. The summed E-state index contributed by atoms with van der Waals surface area (Å²) >= 11 is 0. The van der Waals surface area contributed by atoms with E-state index >= 15 is 0 Å². The van der Waals surface area contributed by atoms with Gasteiger partial charge in [0.05, 0.1) is 13.7 Å². The number of methoxy groups -OCH3 is 2. The smallest absolute Gasteiger partial charge is 0.245 e. The van der Waals surface area contributed by atoms with Crippen molar-refractivity contribution in [2.75, 3.05) is 20.8 Å². The highest BCUT2D eigenvalue weighted by atomic mass is 16.5. The summed E-state index contributed by atoms with van der Waals surface area (Å²) in [4.78, 5) is 21.6. The first kappa shape index (κ1) is 17.1. The van der Waals surface area contributed by atoms with E-state index in [9.17, 15) is 19.8 Å². The van der Waals surface area contributed by atoms with Crippen molar-refractivity contribution in [2.45, 2.75) is 18.3 Å². The quantitative estimate of drug-likeness (QED) is 0.605. The summed E-state index contributed by atoms with van der Waals surface area (Å²) in [7, 11) is 2.71. The van der Waals surface area contributed by atoms with Crippen molar-refractivity contribution in [3.8, 4) is 11.5 Å². The fraction of sp³-hybridized carbons (Fsp3) is 0.429. The Bertz CT molecular complexity index is 474. The second kappa shape index (κ2) is 8.35. The highest BCUT2D eigenvalue weighted by molar-refractivity contribution is 5.76. The minimum atomic E-state index is -1.52. The van der Waals surface area contributed by atoms with Gasteiger partial charge in [0.15, 0.2) is 17.6 Å². The summed E-state index contributed by atoms with van der Waals surface area (Å²) < 4.78 is 15.0. The lowest BCUT2D eigenvalue weighted by atomic mass is 10.1. The second-order valence-corrected chi connectivity index (χ2v) is 4.20. The summed E-state index contributed by atoms with van der Waals surface area (Å²) in [5.74, 6) is 0.355. The Balaban J connectivity index is 2.90. The van der Waals surface area contributed by atoms with Gasteiger partial charge in [0, 0.05) is 12.7 Å². The van der Waals surface area contributed by atoms with Crippen LogP contribution in [0.15, 0.2) is 18.2 Å². The first-order valence-corrected chi connectivity index (χ1v) is 6.10. The maximum Gasteiger partial charge on any atom is 0.245 e. The third-order valence-corrected chi connectivity index (χ3v) is 2.74. The number of ether oxygens (including phenoxy) is 3. The van der Waals surface area contributed by atoms with Crippen LogP contribution in [0.2, 0.25) is 0 Å². The average molecular weight is 297 g/mol. The molecule has 3 unspecified atom stereocenters. The third-order valence-electron chi connectivity index (χ3n) is 2.74. The van der Waals surface area contributed by atoms with Crippen molar-refractivity contribution >= 4 is 12.6 Å². The lowest BCUT2D eigenvalue weighted by molar-refractivity contribution is -0.0575. The summed E-state index contributed by atoms with van der Waals surface area (Å²) in [6.45, 7) is -0.163. The molecule has 3 atom stereocenters. The van der Waals surface area contributed by atoms with Crippen LogP contribution in [0.5, 0.6) is 11.5 Å². The number of hydrogen-bond acceptors (Lipinski definition) is 7. The number of hydrogen-bond donors (Lipinski definition) is 2. The molecule has 0 heterocycles. The van der Waals surface area contributed by atoms with E-state index in [1.165, 1.54) is 38.7 Å². The van der Waals surface area contributed by atoms with E-state index in [1.807, 2.05) is 0 Å². The van der Waals surface area contributed by atoms with Crippen LogP contribution in [0.25, 0.3) is 0 Å². The van der Waals surface area contributed by atoms with Crippen molar-refractivity contribution in [1.82, 2.24) is 0 Å². The van der Waals surface area contributed by atoms with E-state index in [1.54, 1.807) is 0 Å². The lowest BCUT2D eigenvalue weighted by Gasteiger charge is -2.23. The Labute approximate surface area is 122 Å². The van der Waals surface area contributed by atoms with Gasteiger partial charge in [-0.05, 0) is 18.2 Å². The van der Waals surface area contributed by atoms with Crippen molar-refractivity contribution in [3.63, 3.8) is 0 Å². The molecular formula is C14H17O7. The van der Waals surface area contributed by atoms with Gasteiger partial charge in [-0.25, -0.2) is 0 Å². The molecule has 7 nitrogen and oxygen atoms in total. The van der Waals surface area contributed by atoms with E-state index in [2.05, 4.69) is 4.74 Å². The second-order valence-electron chi connectivity index (χ2n) is 4.20. The molecule has 2 N–H and O–H groups in total. The first-order valence-electron chi connectivity index (χ1n) is 6.10. The molecule has 0 fully saturated rings. The van der Waals surface area contributed by atoms with Crippen LogP contribution in [0.1, 0.15) is 10.4 Å². The van der Waals surface area contributed by atoms with Crippen LogP contribution < -0.4 is 9.47 Å². The van der Waals surface area contributed by atoms with Crippen LogP contribution >= 0.6 is 0 Å². The number of rotatable bonds is 9. The molecule has 1 radical (unpaired) electrons. The van der Waals surface area contributed by atoms with Crippen LogP contribution in [-0.4, -0.2) is 61.9 Å². The van der Waals surface area contributed by atoms with Gasteiger partial charge in [-0.3, -0.25) is 9.59 Å². The summed E-state index contributed by atoms with van der Waals surface area (Å²) in [5, 5.41) is 19.4. The molecule has 0 aliphatic heterocycles. The maximum absolute atomic E-state index is 10.9. The normalized spacial score (nSPS) is 14.9. The molecule has 0 saturated carbocycles. The molecule has 7 heteroatoms. The summed E-state index contributed by atoms with van der Waals surface area (Å²) in [6.07, 6.45) is -2.11. The molecule has 0 bridgehead atoms. The van der Waals surface area contributed by atoms with Gasteiger partial charge in [-0.15, -0.1) is 0 Å². The van der Waals surface area contributed by atoms with E-state index in [-0.39, 0.29) is 18.1 Å². The molecule has 21 heavy (non-hydrogen) atoms. The molecule has 0 aliphatic carbocycles. The van der Waals surface area contributed by atoms with Gasteiger partial charge in [0.25, 0.3) is 0 Å². The zero-order valence-corrected chi connectivity index (χ0v) is 11.7. The fourth-order valence-corrected chi connectivity index (χ4v) is 1.63. The Hall–Kier alpha value is -1.96. The van der Waals surface area contributed by atoms with Gasteiger partial charge >= 0.3 is 0 Å². The molecule has 0 saturated heterocycles. The lowest BCUT2D eigenvalue weighted by Crippen LogP contribution is -2.44. The van der Waals surface area contributed by atoms with Crippen molar-refractivity contribution in [1.29, 1.82) is 0 Å². The highest BCUT2D eigenvalue weighted by Gasteiger charge is 2.29. The van der Waals surface area contributed by atoms with Crippen molar-refractivity contribution in [3.05, 3.63) is 23.8 Å². The Kier molecular flexibility index (Phi) is 6.80. The van der Waals surface area contributed by atoms with Gasteiger partial charge in [-0.2, -0.15) is 0 Å². The van der Waals surface area contributed by atoms with Crippen LogP contribution in [0.3, 0.4) is 0 Å². The predicted molar refractivity (Wildman–Crippen MR) is 72.4 cm³/mol. The summed E-state index contributed by atoms with van der Waals surface area (Å²) in [5.41, 5.74) is 0.366. The van der Waals surface area contributed by atoms with Crippen molar-refractivity contribution in [2.24, 2.45) is 0 Å². The van der Waals surface area contributed by atoms with E-state index in [4.69, 9.17) is 9.47 Å². The van der Waals surface area contributed by atoms with E-state index in [0.717, 1.165) is 0 Å². The standard InChI is InChI=1S/C14H17O7/c1-19-8-10(17)14(18)13(7-16)21-11-4-3-9(6-15)5-12(11)20-2/h3-6,10,13-14,17-18H,8H2,1-2H3. The zero-order valence-electron chi connectivity index (χ0n) is 11.7. The number of aliphatic hydroxyl groups is 2. The van der Waals surface area contributed by atoms with E-state index in [0.29, 0.717) is 11.8 Å². The Morgan fingerprint density at radius 3 is 2.52 bits per heavy atom. The minimum Gasteiger partial charge on any atom is -0.493 e. The topological polar surface area (TPSA) is 102 Å². The van der Waals surface area contributed by atoms with Gasteiger partial charge in [0.1, 0.15) is 18.5 Å². The average Bonchev–Trinajstić information content (AvgIpc) is 2.52. The molecule has 0 spiro atoms. The minimum absolute atomic E-state index is 0.139. The largest absolute Gasteiger partial charge is 0.493 e. The fourth-order valence-electron chi connectivity index (χ4n) is 1.63. The van der Waals surface area contributed by atoms with Crippen molar-refractivity contribution < 1.29 is 34.0 Å². The van der Waals surface area contributed by atoms with Crippen LogP contribution in [0.4, 0.5) is 0 Å². The van der Waals surface area contributed by atoms with Gasteiger partial charge in [0.2, 0.25) is 6.29 Å². The predicted octanol–water partition coefficient (Wildman–Crippen LogP) is -0.267.